The fourth-order valence-corrected chi connectivity index (χ4v) is 2.50. The molecule has 3 rings (SSSR count). The lowest BCUT2D eigenvalue weighted by Gasteiger charge is -2.09. The van der Waals surface area contributed by atoms with Gasteiger partial charge in [0.25, 0.3) is 0 Å². The van der Waals surface area contributed by atoms with E-state index in [0.29, 0.717) is 22.5 Å². The quantitative estimate of drug-likeness (QED) is 0.658. The van der Waals surface area contributed by atoms with Crippen LogP contribution in [0.1, 0.15) is 11.3 Å². The highest BCUT2D eigenvalue weighted by Crippen LogP contribution is 2.31. The Morgan fingerprint density at radius 1 is 1.00 bits per heavy atom. The number of benzene rings is 2. The molecule has 1 heterocycles. The maximum Gasteiger partial charge on any atom is 0.435 e. The van der Waals surface area contributed by atoms with Crippen LogP contribution in [0.3, 0.4) is 0 Å². The minimum absolute atomic E-state index is 0.148. The van der Waals surface area contributed by atoms with Crippen LogP contribution in [0, 0.1) is 11.6 Å². The largest absolute Gasteiger partial charge is 0.435 e. The van der Waals surface area contributed by atoms with Gasteiger partial charge in [-0.3, -0.25) is 4.68 Å². The van der Waals surface area contributed by atoms with Crippen LogP contribution < -0.4 is 5.32 Å². The first kappa shape index (κ1) is 17.9. The molecule has 3 aromatic rings. The summed E-state index contributed by atoms with van der Waals surface area (Å²) in [6.07, 6.45) is -4.50. The highest BCUT2D eigenvalue weighted by atomic mass is 19.4. The monoisotopic (exact) mass is 367 g/mol. The molecule has 1 N–H and O–H groups in total. The van der Waals surface area contributed by atoms with Crippen LogP contribution in [0.5, 0.6) is 0 Å². The lowest BCUT2D eigenvalue weighted by Crippen LogP contribution is -2.06. The maximum atomic E-state index is 13.6. The van der Waals surface area contributed by atoms with Crippen molar-refractivity contribution in [3.63, 3.8) is 0 Å². The summed E-state index contributed by atoms with van der Waals surface area (Å²) in [5.41, 5.74) is 0.888. The van der Waals surface area contributed by atoms with Gasteiger partial charge in [-0.05, 0) is 29.8 Å². The van der Waals surface area contributed by atoms with E-state index in [9.17, 15) is 22.0 Å². The molecule has 0 aliphatic heterocycles. The molecule has 0 aliphatic carbocycles. The fraction of sp³-hybridized carbons (Fsp3) is 0.167. The first-order valence-corrected chi connectivity index (χ1v) is 7.63. The van der Waals surface area contributed by atoms with Crippen molar-refractivity contribution in [2.24, 2.45) is 7.05 Å². The molecule has 3 nitrogen and oxygen atoms in total. The first-order chi connectivity index (χ1) is 12.2. The number of nitrogens with one attached hydrogen (secondary N) is 1. The molecule has 0 radical (unpaired) electrons. The summed E-state index contributed by atoms with van der Waals surface area (Å²) in [4.78, 5) is 0. The zero-order valence-electron chi connectivity index (χ0n) is 13.6. The molecule has 0 saturated heterocycles. The van der Waals surface area contributed by atoms with E-state index in [-0.39, 0.29) is 6.54 Å². The molecule has 8 heteroatoms. The molecule has 0 unspecified atom stereocenters. The van der Waals surface area contributed by atoms with Crippen LogP contribution in [-0.4, -0.2) is 9.78 Å². The molecule has 0 bridgehead atoms. The predicted octanol–water partition coefficient (Wildman–Crippen LogP) is 5.00. The lowest BCUT2D eigenvalue weighted by molar-refractivity contribution is -0.141. The van der Waals surface area contributed by atoms with Crippen molar-refractivity contribution in [1.82, 2.24) is 9.78 Å². The predicted molar refractivity (Wildman–Crippen MR) is 87.3 cm³/mol. The van der Waals surface area contributed by atoms with Crippen LogP contribution in [0.25, 0.3) is 11.3 Å². The zero-order valence-corrected chi connectivity index (χ0v) is 13.6. The zero-order chi connectivity index (χ0) is 18.9. The van der Waals surface area contributed by atoms with Crippen LogP contribution in [0.15, 0.2) is 48.5 Å². The van der Waals surface area contributed by atoms with E-state index in [1.165, 1.54) is 23.9 Å². The second-order valence-corrected chi connectivity index (χ2v) is 5.70. The van der Waals surface area contributed by atoms with Crippen molar-refractivity contribution in [2.75, 3.05) is 5.32 Å². The van der Waals surface area contributed by atoms with Crippen LogP contribution in [0.4, 0.5) is 27.6 Å². The molecular weight excluding hydrogens is 353 g/mol. The molecule has 0 aliphatic rings. The minimum atomic E-state index is -4.50. The summed E-state index contributed by atoms with van der Waals surface area (Å²) >= 11 is 0. The van der Waals surface area contributed by atoms with Crippen LogP contribution in [-0.2, 0) is 19.8 Å². The summed E-state index contributed by atoms with van der Waals surface area (Å²) in [5.74, 6) is -1.30. The van der Waals surface area contributed by atoms with Gasteiger partial charge in [0.1, 0.15) is 11.6 Å². The number of aromatic nitrogens is 2. The van der Waals surface area contributed by atoms with Gasteiger partial charge in [-0.15, -0.1) is 0 Å². The fourth-order valence-electron chi connectivity index (χ4n) is 2.50. The molecule has 0 amide bonds. The number of aryl methyl sites for hydroxylation is 1. The highest BCUT2D eigenvalue weighted by Gasteiger charge is 2.34. The summed E-state index contributed by atoms with van der Waals surface area (Å²) in [5, 5.41) is 6.46. The Kier molecular flexibility index (Phi) is 4.67. The Morgan fingerprint density at radius 3 is 2.27 bits per heavy atom. The van der Waals surface area contributed by atoms with E-state index >= 15 is 0 Å². The number of hydrogen-bond acceptors (Lipinski definition) is 2. The summed E-state index contributed by atoms with van der Waals surface area (Å²) in [6.45, 7) is 0.148. The van der Waals surface area contributed by atoms with Crippen molar-refractivity contribution >= 4 is 5.69 Å². The van der Waals surface area contributed by atoms with Crippen molar-refractivity contribution in [2.45, 2.75) is 12.7 Å². The molecule has 1 aromatic heterocycles. The second kappa shape index (κ2) is 6.78. The molecule has 0 spiro atoms. The number of halogens is 5. The average Bonchev–Trinajstić information content (AvgIpc) is 2.97. The van der Waals surface area contributed by atoms with Gasteiger partial charge in [0.15, 0.2) is 5.69 Å². The summed E-state index contributed by atoms with van der Waals surface area (Å²) in [6, 6.07) is 10.9. The normalized spacial score (nSPS) is 11.6. The van der Waals surface area contributed by atoms with Gasteiger partial charge in [-0.25, -0.2) is 8.78 Å². The van der Waals surface area contributed by atoms with E-state index < -0.39 is 23.5 Å². The van der Waals surface area contributed by atoms with E-state index in [4.69, 9.17) is 0 Å². The second-order valence-electron chi connectivity index (χ2n) is 5.70. The van der Waals surface area contributed by atoms with Crippen LogP contribution >= 0.6 is 0 Å². The summed E-state index contributed by atoms with van der Waals surface area (Å²) in [7, 11) is 1.44. The third kappa shape index (κ3) is 3.84. The van der Waals surface area contributed by atoms with E-state index in [1.807, 2.05) is 0 Å². The van der Waals surface area contributed by atoms with E-state index in [1.54, 1.807) is 24.3 Å². The Balaban J connectivity index is 1.74. The van der Waals surface area contributed by atoms with Gasteiger partial charge < -0.3 is 5.32 Å². The maximum absolute atomic E-state index is 13.6. The van der Waals surface area contributed by atoms with Crippen molar-refractivity contribution in [1.29, 1.82) is 0 Å². The molecule has 0 saturated carbocycles. The van der Waals surface area contributed by atoms with Crippen molar-refractivity contribution in [3.05, 3.63) is 71.4 Å². The first-order valence-electron chi connectivity index (χ1n) is 7.63. The van der Waals surface area contributed by atoms with E-state index in [2.05, 4.69) is 10.4 Å². The Hall–Kier alpha value is -2.90. The Bertz CT molecular complexity index is 914. The van der Waals surface area contributed by atoms with Gasteiger partial charge >= 0.3 is 6.18 Å². The van der Waals surface area contributed by atoms with Gasteiger partial charge in [0, 0.05) is 30.9 Å². The lowest BCUT2D eigenvalue weighted by atomic mass is 10.1. The average molecular weight is 367 g/mol. The molecular formula is C18H14F5N3. The number of nitrogens with zero attached hydrogens (tertiary/aromatic N) is 2. The van der Waals surface area contributed by atoms with Crippen molar-refractivity contribution < 1.29 is 22.0 Å². The molecule has 0 atom stereocenters. The Morgan fingerprint density at radius 2 is 1.69 bits per heavy atom. The van der Waals surface area contributed by atoms with E-state index in [0.717, 1.165) is 12.1 Å². The number of hydrogen-bond donors (Lipinski definition) is 1. The molecule has 2 aromatic carbocycles. The number of rotatable bonds is 4. The third-order valence-corrected chi connectivity index (χ3v) is 3.85. The Labute approximate surface area is 146 Å². The standard InChI is InChI=1S/C18H14F5N3/c1-26-16(9-17(25-26)18(21,22)23)11-3-6-14(7-4-11)24-10-12-2-5-13(19)8-15(12)20/h2-9,24H,10H2,1H3. The van der Waals surface area contributed by atoms with Crippen molar-refractivity contribution in [3.8, 4) is 11.3 Å². The molecule has 136 valence electrons. The third-order valence-electron chi connectivity index (χ3n) is 3.85. The molecule has 0 fully saturated rings. The van der Waals surface area contributed by atoms with Gasteiger partial charge in [-0.2, -0.15) is 18.3 Å². The van der Waals surface area contributed by atoms with Gasteiger partial charge in [-0.1, -0.05) is 18.2 Å². The highest BCUT2D eigenvalue weighted by molar-refractivity contribution is 5.63. The molecule has 26 heavy (non-hydrogen) atoms. The van der Waals surface area contributed by atoms with Gasteiger partial charge in [0.05, 0.1) is 5.69 Å². The summed E-state index contributed by atoms with van der Waals surface area (Å²) < 4.78 is 65.9. The van der Waals surface area contributed by atoms with Crippen LogP contribution in [0.2, 0.25) is 0 Å². The number of alkyl halides is 3. The number of anilines is 1. The SMILES string of the molecule is Cn1nc(C(F)(F)F)cc1-c1ccc(NCc2ccc(F)cc2F)cc1. The smallest absolute Gasteiger partial charge is 0.381 e. The topological polar surface area (TPSA) is 29.9 Å². The minimum Gasteiger partial charge on any atom is -0.381 e. The van der Waals surface area contributed by atoms with Gasteiger partial charge in [0.2, 0.25) is 0 Å².